The van der Waals surface area contributed by atoms with Crippen molar-refractivity contribution < 1.29 is 14.3 Å². The Morgan fingerprint density at radius 1 is 1.45 bits per heavy atom. The molecule has 1 aromatic rings. The van der Waals surface area contributed by atoms with Crippen molar-refractivity contribution >= 4 is 11.6 Å². The topological polar surface area (TPSA) is 73.6 Å². The Morgan fingerprint density at radius 3 is 2.90 bits per heavy atom. The lowest BCUT2D eigenvalue weighted by Gasteiger charge is -2.14. The standard InChI is InChI=1S/C15H22N2O3/c1-2-3-7-13(16)14(18)17-12-6-4-5-11(10-12)15-19-8-9-20-15/h4-6,10,13,15H,2-3,7-9,16H2,1H3,(H,17,18). The van der Waals surface area contributed by atoms with Crippen LogP contribution in [0.4, 0.5) is 5.69 Å². The Hall–Kier alpha value is -1.43. The van der Waals surface area contributed by atoms with Gasteiger partial charge in [-0.2, -0.15) is 0 Å². The molecule has 20 heavy (non-hydrogen) atoms. The Morgan fingerprint density at radius 2 is 2.20 bits per heavy atom. The van der Waals surface area contributed by atoms with Crippen LogP contribution in [0.5, 0.6) is 0 Å². The van der Waals surface area contributed by atoms with E-state index in [2.05, 4.69) is 12.2 Å². The Labute approximate surface area is 119 Å². The summed E-state index contributed by atoms with van der Waals surface area (Å²) < 4.78 is 10.9. The quantitative estimate of drug-likeness (QED) is 0.836. The highest BCUT2D eigenvalue weighted by atomic mass is 16.7. The van der Waals surface area contributed by atoms with Crippen molar-refractivity contribution in [2.75, 3.05) is 18.5 Å². The van der Waals surface area contributed by atoms with E-state index in [4.69, 9.17) is 15.2 Å². The number of hydrogen-bond donors (Lipinski definition) is 2. The Bertz CT molecular complexity index is 444. The molecule has 1 amide bonds. The molecule has 110 valence electrons. The van der Waals surface area contributed by atoms with Crippen LogP contribution in [0, 0.1) is 0 Å². The van der Waals surface area contributed by atoms with Crippen LogP contribution < -0.4 is 11.1 Å². The van der Waals surface area contributed by atoms with Crippen molar-refractivity contribution in [1.82, 2.24) is 0 Å². The minimum atomic E-state index is -0.461. The van der Waals surface area contributed by atoms with Crippen molar-refractivity contribution in [2.24, 2.45) is 5.73 Å². The molecule has 0 aliphatic carbocycles. The summed E-state index contributed by atoms with van der Waals surface area (Å²) in [6, 6.07) is 7.03. The fourth-order valence-corrected chi connectivity index (χ4v) is 2.10. The fourth-order valence-electron chi connectivity index (χ4n) is 2.10. The highest BCUT2D eigenvalue weighted by Crippen LogP contribution is 2.25. The van der Waals surface area contributed by atoms with Gasteiger partial charge in [0, 0.05) is 11.3 Å². The van der Waals surface area contributed by atoms with Crippen molar-refractivity contribution in [3.05, 3.63) is 29.8 Å². The molecule has 1 aliphatic heterocycles. The Balaban J connectivity index is 1.95. The van der Waals surface area contributed by atoms with E-state index in [-0.39, 0.29) is 12.2 Å². The molecule has 0 saturated carbocycles. The summed E-state index contributed by atoms with van der Waals surface area (Å²) in [4.78, 5) is 12.0. The maximum Gasteiger partial charge on any atom is 0.241 e. The lowest BCUT2D eigenvalue weighted by Crippen LogP contribution is -2.35. The van der Waals surface area contributed by atoms with E-state index in [1.165, 1.54) is 0 Å². The fraction of sp³-hybridized carbons (Fsp3) is 0.533. The van der Waals surface area contributed by atoms with Crippen LogP contribution in [-0.2, 0) is 14.3 Å². The van der Waals surface area contributed by atoms with Gasteiger partial charge in [0.15, 0.2) is 6.29 Å². The molecule has 0 radical (unpaired) electrons. The number of benzene rings is 1. The summed E-state index contributed by atoms with van der Waals surface area (Å²) in [5.74, 6) is -0.149. The third-order valence-corrected chi connectivity index (χ3v) is 3.25. The van der Waals surface area contributed by atoms with Crippen LogP contribution >= 0.6 is 0 Å². The lowest BCUT2D eigenvalue weighted by atomic mass is 10.1. The number of anilines is 1. The predicted molar refractivity (Wildman–Crippen MR) is 77.2 cm³/mol. The first-order chi connectivity index (χ1) is 9.70. The molecule has 5 nitrogen and oxygen atoms in total. The van der Waals surface area contributed by atoms with E-state index in [1.54, 1.807) is 0 Å². The molecule has 1 atom stereocenters. The van der Waals surface area contributed by atoms with Crippen LogP contribution in [0.3, 0.4) is 0 Å². The van der Waals surface area contributed by atoms with Crippen molar-refractivity contribution in [1.29, 1.82) is 0 Å². The second-order valence-corrected chi connectivity index (χ2v) is 4.94. The van der Waals surface area contributed by atoms with Gasteiger partial charge in [-0.3, -0.25) is 4.79 Å². The van der Waals surface area contributed by atoms with E-state index in [0.29, 0.717) is 19.6 Å². The minimum Gasteiger partial charge on any atom is -0.346 e. The largest absolute Gasteiger partial charge is 0.346 e. The normalized spacial score (nSPS) is 17.1. The van der Waals surface area contributed by atoms with E-state index in [0.717, 1.165) is 24.1 Å². The molecular weight excluding hydrogens is 256 g/mol. The zero-order valence-electron chi connectivity index (χ0n) is 11.8. The summed E-state index contributed by atoms with van der Waals surface area (Å²) in [5.41, 5.74) is 7.48. The summed E-state index contributed by atoms with van der Waals surface area (Å²) in [7, 11) is 0. The minimum absolute atomic E-state index is 0.149. The summed E-state index contributed by atoms with van der Waals surface area (Å²) >= 11 is 0. The van der Waals surface area contributed by atoms with Gasteiger partial charge in [-0.05, 0) is 18.6 Å². The molecule has 1 aliphatic rings. The molecule has 0 bridgehead atoms. The molecule has 1 fully saturated rings. The number of unbranched alkanes of at least 4 members (excludes halogenated alkanes) is 1. The van der Waals surface area contributed by atoms with Gasteiger partial charge in [-0.25, -0.2) is 0 Å². The number of ether oxygens (including phenoxy) is 2. The molecular formula is C15H22N2O3. The van der Waals surface area contributed by atoms with Gasteiger partial charge < -0.3 is 20.5 Å². The lowest BCUT2D eigenvalue weighted by molar-refractivity contribution is -0.117. The van der Waals surface area contributed by atoms with E-state index < -0.39 is 6.04 Å². The molecule has 1 aromatic carbocycles. The molecule has 5 heteroatoms. The molecule has 0 spiro atoms. The number of carbonyl (C=O) groups is 1. The van der Waals surface area contributed by atoms with E-state index in [9.17, 15) is 4.79 Å². The summed E-state index contributed by atoms with van der Waals surface area (Å²) in [5, 5.41) is 2.84. The van der Waals surface area contributed by atoms with Crippen LogP contribution in [-0.4, -0.2) is 25.2 Å². The Kier molecular flexibility index (Phi) is 5.52. The first-order valence-corrected chi connectivity index (χ1v) is 7.10. The first-order valence-electron chi connectivity index (χ1n) is 7.10. The van der Waals surface area contributed by atoms with Gasteiger partial charge >= 0.3 is 0 Å². The van der Waals surface area contributed by atoms with Gasteiger partial charge in [-0.15, -0.1) is 0 Å². The van der Waals surface area contributed by atoms with Crippen molar-refractivity contribution in [2.45, 2.75) is 38.5 Å². The smallest absolute Gasteiger partial charge is 0.241 e. The van der Waals surface area contributed by atoms with Crippen LogP contribution in [0.25, 0.3) is 0 Å². The number of nitrogens with two attached hydrogens (primary N) is 1. The number of carbonyl (C=O) groups excluding carboxylic acids is 1. The number of rotatable bonds is 6. The zero-order chi connectivity index (χ0) is 14.4. The van der Waals surface area contributed by atoms with Crippen LogP contribution in [0.15, 0.2) is 24.3 Å². The molecule has 1 unspecified atom stereocenters. The molecule has 3 N–H and O–H groups in total. The zero-order valence-corrected chi connectivity index (χ0v) is 11.8. The van der Waals surface area contributed by atoms with Gasteiger partial charge in [0.25, 0.3) is 0 Å². The second-order valence-electron chi connectivity index (χ2n) is 4.94. The molecule has 1 saturated heterocycles. The van der Waals surface area contributed by atoms with Gasteiger partial charge in [0.1, 0.15) is 0 Å². The number of nitrogens with one attached hydrogen (secondary N) is 1. The van der Waals surface area contributed by atoms with Gasteiger partial charge in [0.05, 0.1) is 19.3 Å². The summed E-state index contributed by atoms with van der Waals surface area (Å²) in [6.45, 7) is 3.28. The highest BCUT2D eigenvalue weighted by Gasteiger charge is 2.19. The average molecular weight is 278 g/mol. The highest BCUT2D eigenvalue weighted by molar-refractivity contribution is 5.94. The number of hydrogen-bond acceptors (Lipinski definition) is 4. The molecule has 2 rings (SSSR count). The SMILES string of the molecule is CCCCC(N)C(=O)Nc1cccc(C2OCCO2)c1. The maximum absolute atomic E-state index is 12.0. The third kappa shape index (κ3) is 4.03. The van der Waals surface area contributed by atoms with E-state index >= 15 is 0 Å². The predicted octanol–water partition coefficient (Wildman–Crippen LogP) is 2.19. The first kappa shape index (κ1) is 15.0. The monoisotopic (exact) mass is 278 g/mol. The van der Waals surface area contributed by atoms with Crippen LogP contribution in [0.2, 0.25) is 0 Å². The third-order valence-electron chi connectivity index (χ3n) is 3.25. The van der Waals surface area contributed by atoms with Crippen LogP contribution in [0.1, 0.15) is 38.0 Å². The average Bonchev–Trinajstić information content (AvgIpc) is 2.99. The molecule has 0 aromatic heterocycles. The second kappa shape index (κ2) is 7.38. The van der Waals surface area contributed by atoms with Gasteiger partial charge in [0.2, 0.25) is 5.91 Å². The van der Waals surface area contributed by atoms with E-state index in [1.807, 2.05) is 24.3 Å². The van der Waals surface area contributed by atoms with Crippen molar-refractivity contribution in [3.63, 3.8) is 0 Å². The van der Waals surface area contributed by atoms with Gasteiger partial charge in [-0.1, -0.05) is 31.9 Å². The summed E-state index contributed by atoms with van der Waals surface area (Å²) in [6.07, 6.45) is 2.36. The number of amides is 1. The molecule has 1 heterocycles. The van der Waals surface area contributed by atoms with Crippen molar-refractivity contribution in [3.8, 4) is 0 Å². The maximum atomic E-state index is 12.0.